The van der Waals surface area contributed by atoms with Gasteiger partial charge in [0.2, 0.25) is 0 Å². The number of aromatic nitrogens is 1. The third-order valence-electron chi connectivity index (χ3n) is 4.96. The van der Waals surface area contributed by atoms with E-state index in [0.29, 0.717) is 11.5 Å². The molecule has 0 aliphatic heterocycles. The van der Waals surface area contributed by atoms with Gasteiger partial charge in [0, 0.05) is 11.4 Å². The lowest BCUT2D eigenvalue weighted by molar-refractivity contribution is 0.0232. The lowest BCUT2D eigenvalue weighted by atomic mass is 9.76. The van der Waals surface area contributed by atoms with Crippen molar-refractivity contribution in [3.63, 3.8) is 0 Å². The van der Waals surface area contributed by atoms with Gasteiger partial charge in [0.05, 0.1) is 22.9 Å². The van der Waals surface area contributed by atoms with Gasteiger partial charge in [-0.1, -0.05) is 25.1 Å². The molecule has 1 atom stereocenters. The van der Waals surface area contributed by atoms with E-state index in [1.807, 2.05) is 38.1 Å². The van der Waals surface area contributed by atoms with E-state index in [9.17, 15) is 9.90 Å². The molecule has 1 saturated carbocycles. The van der Waals surface area contributed by atoms with Crippen LogP contribution in [0.15, 0.2) is 24.3 Å². The Morgan fingerprint density at radius 3 is 2.78 bits per heavy atom. The molecular formula is C19H24N2O2. The van der Waals surface area contributed by atoms with Crippen LogP contribution >= 0.6 is 0 Å². The Hall–Kier alpha value is -1.94. The zero-order valence-electron chi connectivity index (χ0n) is 14.0. The Balaban J connectivity index is 1.84. The number of nitrogens with one attached hydrogen (secondary N) is 1. The Kier molecular flexibility index (Phi) is 4.35. The number of hydrogen-bond acceptors (Lipinski definition) is 3. The highest BCUT2D eigenvalue weighted by atomic mass is 16.3. The SMILES string of the molecule is CCC(NC(=O)c1cc2cccc(C)c2nc1C)C1CC(O)C1. The molecule has 0 radical (unpaired) electrons. The summed E-state index contributed by atoms with van der Waals surface area (Å²) in [6.45, 7) is 5.99. The largest absolute Gasteiger partial charge is 0.393 e. The van der Waals surface area contributed by atoms with Gasteiger partial charge < -0.3 is 10.4 Å². The first-order valence-corrected chi connectivity index (χ1v) is 8.35. The standard InChI is InChI=1S/C19H24N2O2/c1-4-17(14-8-15(22)9-14)21-19(23)16-10-13-7-5-6-11(2)18(13)20-12(16)3/h5-7,10,14-15,17,22H,4,8-9H2,1-3H3,(H,21,23). The third-order valence-corrected chi connectivity index (χ3v) is 4.96. The van der Waals surface area contributed by atoms with E-state index in [1.54, 1.807) is 0 Å². The topological polar surface area (TPSA) is 62.2 Å². The number of fused-ring (bicyclic) bond motifs is 1. The zero-order valence-corrected chi connectivity index (χ0v) is 14.0. The van der Waals surface area contributed by atoms with Gasteiger partial charge in [-0.3, -0.25) is 9.78 Å². The Labute approximate surface area is 136 Å². The van der Waals surface area contributed by atoms with Crippen molar-refractivity contribution < 1.29 is 9.90 Å². The molecule has 4 nitrogen and oxygen atoms in total. The van der Waals surface area contributed by atoms with Gasteiger partial charge in [-0.25, -0.2) is 0 Å². The number of carbonyl (C=O) groups excluding carboxylic acids is 1. The minimum Gasteiger partial charge on any atom is -0.393 e. The van der Waals surface area contributed by atoms with Crippen LogP contribution in [0.5, 0.6) is 0 Å². The number of benzene rings is 1. The summed E-state index contributed by atoms with van der Waals surface area (Å²) in [4.78, 5) is 17.3. The molecule has 1 aliphatic rings. The van der Waals surface area contributed by atoms with Gasteiger partial charge in [-0.2, -0.15) is 0 Å². The molecule has 4 heteroatoms. The second-order valence-electron chi connectivity index (χ2n) is 6.64. The van der Waals surface area contributed by atoms with Crippen molar-refractivity contribution in [2.75, 3.05) is 0 Å². The maximum absolute atomic E-state index is 12.7. The number of aryl methyl sites for hydroxylation is 2. The van der Waals surface area contributed by atoms with Crippen molar-refractivity contribution in [3.8, 4) is 0 Å². The molecule has 0 bridgehead atoms. The average Bonchev–Trinajstić information content (AvgIpc) is 2.50. The quantitative estimate of drug-likeness (QED) is 0.912. The molecule has 0 saturated heterocycles. The Bertz CT molecular complexity index is 735. The number of aliphatic hydroxyl groups excluding tert-OH is 1. The fourth-order valence-corrected chi connectivity index (χ4v) is 3.43. The summed E-state index contributed by atoms with van der Waals surface area (Å²) in [5.74, 6) is 0.321. The molecule has 122 valence electrons. The number of para-hydroxylation sites is 1. The van der Waals surface area contributed by atoms with E-state index >= 15 is 0 Å². The van der Waals surface area contributed by atoms with Crippen LogP contribution in [-0.4, -0.2) is 28.1 Å². The fraction of sp³-hybridized carbons (Fsp3) is 0.474. The van der Waals surface area contributed by atoms with E-state index < -0.39 is 0 Å². The number of carbonyl (C=O) groups is 1. The lowest BCUT2D eigenvalue weighted by Crippen LogP contribution is -2.46. The highest BCUT2D eigenvalue weighted by Gasteiger charge is 2.34. The molecule has 1 fully saturated rings. The average molecular weight is 312 g/mol. The van der Waals surface area contributed by atoms with Crippen molar-refractivity contribution >= 4 is 16.8 Å². The first-order valence-electron chi connectivity index (χ1n) is 8.35. The summed E-state index contributed by atoms with van der Waals surface area (Å²) in [5.41, 5.74) is 3.47. The molecule has 1 aromatic carbocycles. The molecule has 2 N–H and O–H groups in total. The van der Waals surface area contributed by atoms with Crippen molar-refractivity contribution in [1.29, 1.82) is 0 Å². The van der Waals surface area contributed by atoms with E-state index in [0.717, 1.165) is 41.4 Å². The molecule has 2 aromatic rings. The normalized spacial score (nSPS) is 21.7. The number of amides is 1. The van der Waals surface area contributed by atoms with Crippen LogP contribution in [0.25, 0.3) is 10.9 Å². The molecule has 1 amide bonds. The van der Waals surface area contributed by atoms with Crippen LogP contribution < -0.4 is 5.32 Å². The smallest absolute Gasteiger partial charge is 0.253 e. The highest BCUT2D eigenvalue weighted by molar-refractivity contribution is 5.99. The van der Waals surface area contributed by atoms with Crippen molar-refractivity contribution in [1.82, 2.24) is 10.3 Å². The first-order chi connectivity index (χ1) is 11.0. The van der Waals surface area contributed by atoms with E-state index in [1.165, 1.54) is 0 Å². The van der Waals surface area contributed by atoms with Crippen LogP contribution in [0, 0.1) is 19.8 Å². The predicted octanol–water partition coefficient (Wildman–Crippen LogP) is 3.13. The van der Waals surface area contributed by atoms with Crippen LogP contribution in [0.2, 0.25) is 0 Å². The summed E-state index contributed by atoms with van der Waals surface area (Å²) < 4.78 is 0. The maximum atomic E-state index is 12.7. The summed E-state index contributed by atoms with van der Waals surface area (Å²) in [6.07, 6.45) is 2.25. The van der Waals surface area contributed by atoms with Gasteiger partial charge >= 0.3 is 0 Å². The Morgan fingerprint density at radius 1 is 1.39 bits per heavy atom. The van der Waals surface area contributed by atoms with Crippen molar-refractivity contribution in [3.05, 3.63) is 41.1 Å². The van der Waals surface area contributed by atoms with Gasteiger partial charge in [0.15, 0.2) is 0 Å². The number of aliphatic hydroxyl groups is 1. The monoisotopic (exact) mass is 312 g/mol. The van der Waals surface area contributed by atoms with Crippen molar-refractivity contribution in [2.24, 2.45) is 5.92 Å². The minimum atomic E-state index is -0.196. The predicted molar refractivity (Wildman–Crippen MR) is 91.5 cm³/mol. The molecule has 23 heavy (non-hydrogen) atoms. The van der Waals surface area contributed by atoms with Crippen LogP contribution in [0.3, 0.4) is 0 Å². The fourth-order valence-electron chi connectivity index (χ4n) is 3.43. The van der Waals surface area contributed by atoms with Crippen molar-refractivity contribution in [2.45, 2.75) is 52.2 Å². The highest BCUT2D eigenvalue weighted by Crippen LogP contribution is 2.31. The second kappa shape index (κ2) is 6.28. The molecule has 0 spiro atoms. The Morgan fingerprint density at radius 2 is 2.13 bits per heavy atom. The van der Waals surface area contributed by atoms with E-state index in [4.69, 9.17) is 0 Å². The molecule has 1 aromatic heterocycles. The van der Waals surface area contributed by atoms with Crippen LogP contribution in [0.1, 0.15) is 47.8 Å². The molecule has 3 rings (SSSR count). The summed E-state index contributed by atoms with van der Waals surface area (Å²) in [7, 11) is 0. The van der Waals surface area contributed by atoms with Gasteiger partial charge in [-0.05, 0) is 50.7 Å². The lowest BCUT2D eigenvalue weighted by Gasteiger charge is -2.37. The maximum Gasteiger partial charge on any atom is 0.253 e. The van der Waals surface area contributed by atoms with Crippen LogP contribution in [-0.2, 0) is 0 Å². The second-order valence-corrected chi connectivity index (χ2v) is 6.64. The molecule has 1 heterocycles. The summed E-state index contributed by atoms with van der Waals surface area (Å²) in [6, 6.07) is 8.07. The minimum absolute atomic E-state index is 0.0633. The number of hydrogen-bond donors (Lipinski definition) is 2. The summed E-state index contributed by atoms with van der Waals surface area (Å²) >= 11 is 0. The zero-order chi connectivity index (χ0) is 16.6. The van der Waals surface area contributed by atoms with Gasteiger partial charge in [-0.15, -0.1) is 0 Å². The number of rotatable bonds is 4. The third kappa shape index (κ3) is 3.08. The first kappa shape index (κ1) is 15.9. The van der Waals surface area contributed by atoms with Crippen LogP contribution in [0.4, 0.5) is 0 Å². The molecule has 1 unspecified atom stereocenters. The molecular weight excluding hydrogens is 288 g/mol. The van der Waals surface area contributed by atoms with Gasteiger partial charge in [0.25, 0.3) is 5.91 Å². The molecule has 1 aliphatic carbocycles. The van der Waals surface area contributed by atoms with Gasteiger partial charge in [0.1, 0.15) is 0 Å². The van der Waals surface area contributed by atoms with E-state index in [-0.39, 0.29) is 18.1 Å². The summed E-state index contributed by atoms with van der Waals surface area (Å²) in [5, 5.41) is 13.6. The van der Waals surface area contributed by atoms with E-state index in [2.05, 4.69) is 17.2 Å². The number of nitrogens with zero attached hydrogens (tertiary/aromatic N) is 1. The number of pyridine rings is 1.